The van der Waals surface area contributed by atoms with Crippen molar-refractivity contribution >= 4 is 0 Å². The molecule has 1 aromatic carbocycles. The zero-order valence-corrected chi connectivity index (χ0v) is 9.08. The first-order valence-corrected chi connectivity index (χ1v) is 5.41. The molecule has 3 heteroatoms. The Morgan fingerprint density at radius 2 is 1.94 bits per heavy atom. The van der Waals surface area contributed by atoms with Gasteiger partial charge < -0.3 is 5.73 Å². The van der Waals surface area contributed by atoms with Crippen LogP contribution in [-0.4, -0.2) is 9.97 Å². The fraction of sp³-hybridized carbons (Fsp3) is 0.231. The molecule has 1 aromatic heterocycles. The van der Waals surface area contributed by atoms with E-state index in [1.54, 1.807) is 18.6 Å². The lowest BCUT2D eigenvalue weighted by atomic mass is 10.0. The normalized spacial score (nSPS) is 12.3. The lowest BCUT2D eigenvalue weighted by Gasteiger charge is -2.09. The number of hydrogen-bond acceptors (Lipinski definition) is 3. The molecule has 1 heterocycles. The Labute approximate surface area is 95.4 Å². The molecule has 3 nitrogen and oxygen atoms in total. The Bertz CT molecular complexity index is 414. The maximum absolute atomic E-state index is 6.04. The summed E-state index contributed by atoms with van der Waals surface area (Å²) in [7, 11) is 0. The van der Waals surface area contributed by atoms with Gasteiger partial charge in [-0.1, -0.05) is 30.3 Å². The summed E-state index contributed by atoms with van der Waals surface area (Å²) in [6, 6.07) is 10.3. The van der Waals surface area contributed by atoms with Gasteiger partial charge in [-0.2, -0.15) is 0 Å². The minimum atomic E-state index is -0.0334. The fourth-order valence-corrected chi connectivity index (χ4v) is 1.62. The highest BCUT2D eigenvalue weighted by Gasteiger charge is 2.06. The van der Waals surface area contributed by atoms with Crippen LogP contribution < -0.4 is 5.73 Å². The van der Waals surface area contributed by atoms with E-state index in [2.05, 4.69) is 22.1 Å². The van der Waals surface area contributed by atoms with Crippen molar-refractivity contribution in [1.82, 2.24) is 9.97 Å². The summed E-state index contributed by atoms with van der Waals surface area (Å²) in [5.41, 5.74) is 8.21. The van der Waals surface area contributed by atoms with Gasteiger partial charge >= 0.3 is 0 Å². The van der Waals surface area contributed by atoms with Crippen LogP contribution in [-0.2, 0) is 6.42 Å². The molecule has 0 saturated heterocycles. The summed E-state index contributed by atoms with van der Waals surface area (Å²) in [6.07, 6.45) is 6.93. The van der Waals surface area contributed by atoms with Crippen LogP contribution in [0.1, 0.15) is 23.7 Å². The summed E-state index contributed by atoms with van der Waals surface area (Å²) in [4.78, 5) is 8.22. The molecule has 0 spiro atoms. The molecule has 2 aromatic rings. The Morgan fingerprint density at radius 1 is 1.12 bits per heavy atom. The number of aryl methyl sites for hydroxylation is 1. The third-order valence-corrected chi connectivity index (χ3v) is 2.55. The molecule has 0 bridgehead atoms. The molecule has 0 aliphatic rings. The van der Waals surface area contributed by atoms with Crippen LogP contribution in [0.5, 0.6) is 0 Å². The van der Waals surface area contributed by atoms with Crippen LogP contribution in [0.2, 0.25) is 0 Å². The van der Waals surface area contributed by atoms with E-state index in [1.807, 2.05) is 18.2 Å². The minimum absolute atomic E-state index is 0.0334. The molecule has 0 amide bonds. The Balaban J connectivity index is 1.92. The summed E-state index contributed by atoms with van der Waals surface area (Å²) in [6.45, 7) is 0. The van der Waals surface area contributed by atoms with E-state index in [1.165, 1.54) is 5.56 Å². The molecule has 0 saturated carbocycles. The number of aromatic nitrogens is 2. The number of nitrogens with two attached hydrogens (primary N) is 1. The van der Waals surface area contributed by atoms with Gasteiger partial charge in [0.15, 0.2) is 0 Å². The maximum Gasteiger partial charge on any atom is 0.0753 e. The third-order valence-electron chi connectivity index (χ3n) is 2.55. The van der Waals surface area contributed by atoms with Crippen molar-refractivity contribution in [3.8, 4) is 0 Å². The molecule has 0 radical (unpaired) electrons. The number of rotatable bonds is 4. The van der Waals surface area contributed by atoms with E-state index >= 15 is 0 Å². The zero-order chi connectivity index (χ0) is 11.2. The third kappa shape index (κ3) is 2.87. The van der Waals surface area contributed by atoms with Crippen molar-refractivity contribution in [1.29, 1.82) is 0 Å². The largest absolute Gasteiger partial charge is 0.323 e. The first-order chi connectivity index (χ1) is 7.86. The topological polar surface area (TPSA) is 51.8 Å². The molecule has 1 unspecified atom stereocenters. The second-order valence-electron chi connectivity index (χ2n) is 3.76. The summed E-state index contributed by atoms with van der Waals surface area (Å²) < 4.78 is 0. The Hall–Kier alpha value is -1.74. The Morgan fingerprint density at radius 3 is 2.62 bits per heavy atom. The van der Waals surface area contributed by atoms with E-state index in [-0.39, 0.29) is 6.04 Å². The quantitative estimate of drug-likeness (QED) is 0.846. The average molecular weight is 213 g/mol. The van der Waals surface area contributed by atoms with Crippen LogP contribution in [0.15, 0.2) is 48.9 Å². The van der Waals surface area contributed by atoms with Gasteiger partial charge in [0.05, 0.1) is 5.69 Å². The second kappa shape index (κ2) is 5.37. The molecule has 2 rings (SSSR count). The number of hydrogen-bond donors (Lipinski definition) is 1. The number of benzene rings is 1. The molecule has 0 fully saturated rings. The molecule has 1 atom stereocenters. The lowest BCUT2D eigenvalue weighted by molar-refractivity contribution is 0.630. The summed E-state index contributed by atoms with van der Waals surface area (Å²) in [5.74, 6) is 0. The molecule has 0 aliphatic carbocycles. The van der Waals surface area contributed by atoms with Gasteiger partial charge in [-0.3, -0.25) is 9.97 Å². The van der Waals surface area contributed by atoms with E-state index in [0.29, 0.717) is 0 Å². The molecule has 2 N–H and O–H groups in total. The van der Waals surface area contributed by atoms with Crippen LogP contribution >= 0.6 is 0 Å². The van der Waals surface area contributed by atoms with Crippen LogP contribution in [0.4, 0.5) is 0 Å². The van der Waals surface area contributed by atoms with Gasteiger partial charge in [0, 0.05) is 24.6 Å². The predicted molar refractivity (Wildman–Crippen MR) is 63.7 cm³/mol. The molecular formula is C13H15N3. The lowest BCUT2D eigenvalue weighted by Crippen LogP contribution is -2.13. The maximum atomic E-state index is 6.04. The Kier molecular flexibility index (Phi) is 3.62. The van der Waals surface area contributed by atoms with E-state index in [9.17, 15) is 0 Å². The van der Waals surface area contributed by atoms with Gasteiger partial charge in [0.25, 0.3) is 0 Å². The van der Waals surface area contributed by atoms with Gasteiger partial charge in [-0.05, 0) is 18.4 Å². The highest BCUT2D eigenvalue weighted by atomic mass is 14.8. The smallest absolute Gasteiger partial charge is 0.0753 e. The highest BCUT2D eigenvalue weighted by Crippen LogP contribution is 2.13. The standard InChI is InChI=1S/C13H15N3/c14-12(13-10-15-8-9-16-13)7-6-11-4-2-1-3-5-11/h1-5,8-10,12H,6-7,14H2. The van der Waals surface area contributed by atoms with Crippen molar-refractivity contribution in [2.75, 3.05) is 0 Å². The number of nitrogens with zero attached hydrogens (tertiary/aromatic N) is 2. The van der Waals surface area contributed by atoms with Gasteiger partial charge in [-0.25, -0.2) is 0 Å². The minimum Gasteiger partial charge on any atom is -0.323 e. The van der Waals surface area contributed by atoms with Crippen molar-refractivity contribution in [2.24, 2.45) is 5.73 Å². The fourth-order valence-electron chi connectivity index (χ4n) is 1.62. The van der Waals surface area contributed by atoms with Gasteiger partial charge in [-0.15, -0.1) is 0 Å². The van der Waals surface area contributed by atoms with E-state index in [0.717, 1.165) is 18.5 Å². The zero-order valence-electron chi connectivity index (χ0n) is 9.08. The first kappa shape index (κ1) is 10.8. The van der Waals surface area contributed by atoms with Crippen molar-refractivity contribution in [3.05, 3.63) is 60.2 Å². The monoisotopic (exact) mass is 213 g/mol. The van der Waals surface area contributed by atoms with Crippen molar-refractivity contribution in [3.63, 3.8) is 0 Å². The van der Waals surface area contributed by atoms with Crippen LogP contribution in [0, 0.1) is 0 Å². The molecule has 16 heavy (non-hydrogen) atoms. The molecule has 82 valence electrons. The molecule has 0 aliphatic heterocycles. The SMILES string of the molecule is NC(CCc1ccccc1)c1cnccn1. The van der Waals surface area contributed by atoms with Gasteiger partial charge in [0.2, 0.25) is 0 Å². The summed E-state index contributed by atoms with van der Waals surface area (Å²) >= 11 is 0. The van der Waals surface area contributed by atoms with Crippen LogP contribution in [0.3, 0.4) is 0 Å². The van der Waals surface area contributed by atoms with E-state index in [4.69, 9.17) is 5.73 Å². The second-order valence-corrected chi connectivity index (χ2v) is 3.76. The van der Waals surface area contributed by atoms with Gasteiger partial charge in [0.1, 0.15) is 0 Å². The summed E-state index contributed by atoms with van der Waals surface area (Å²) in [5, 5.41) is 0. The molecular weight excluding hydrogens is 198 g/mol. The predicted octanol–water partition coefficient (Wildman–Crippen LogP) is 2.11. The average Bonchev–Trinajstić information content (AvgIpc) is 2.38. The van der Waals surface area contributed by atoms with E-state index < -0.39 is 0 Å². The van der Waals surface area contributed by atoms with Crippen molar-refractivity contribution < 1.29 is 0 Å². The highest BCUT2D eigenvalue weighted by molar-refractivity contribution is 5.15. The first-order valence-electron chi connectivity index (χ1n) is 5.41. The van der Waals surface area contributed by atoms with Crippen molar-refractivity contribution in [2.45, 2.75) is 18.9 Å². The van der Waals surface area contributed by atoms with Crippen LogP contribution in [0.25, 0.3) is 0 Å².